The van der Waals surface area contributed by atoms with Crippen LogP contribution < -0.4 is 4.74 Å². The summed E-state index contributed by atoms with van der Waals surface area (Å²) in [6, 6.07) is 18.4. The van der Waals surface area contributed by atoms with Crippen LogP contribution in [0.5, 0.6) is 5.75 Å². The summed E-state index contributed by atoms with van der Waals surface area (Å²) >= 11 is 1.49. The number of nitrogens with zero attached hydrogens (tertiary/aromatic N) is 2. The second kappa shape index (κ2) is 8.66. The van der Waals surface area contributed by atoms with Gasteiger partial charge in [0.25, 0.3) is 0 Å². The highest BCUT2D eigenvalue weighted by Crippen LogP contribution is 2.28. The number of methoxy groups -OCH3 is 1. The van der Waals surface area contributed by atoms with E-state index in [1.54, 1.807) is 7.11 Å². The van der Waals surface area contributed by atoms with Gasteiger partial charge in [0.2, 0.25) is 0 Å². The Labute approximate surface area is 164 Å². The van der Waals surface area contributed by atoms with Gasteiger partial charge in [-0.05, 0) is 41.7 Å². The lowest BCUT2D eigenvalue weighted by Gasteiger charge is -2.05. The first-order valence-electron chi connectivity index (χ1n) is 8.90. The first kappa shape index (κ1) is 18.9. The molecule has 3 aromatic rings. The Hall–Kier alpha value is -2.90. The molecule has 2 aromatic carbocycles. The summed E-state index contributed by atoms with van der Waals surface area (Å²) in [4.78, 5) is 4.68. The maximum absolute atomic E-state index is 9.57. The number of ether oxygens (including phenoxy) is 1. The van der Waals surface area contributed by atoms with Crippen LogP contribution in [-0.4, -0.2) is 12.1 Å². The van der Waals surface area contributed by atoms with Crippen LogP contribution in [0.15, 0.2) is 53.9 Å². The molecule has 27 heavy (non-hydrogen) atoms. The average Bonchev–Trinajstić information content (AvgIpc) is 3.16. The first-order chi connectivity index (χ1) is 13.1. The van der Waals surface area contributed by atoms with Crippen molar-refractivity contribution in [3.8, 4) is 23.1 Å². The molecule has 0 bridgehead atoms. The van der Waals surface area contributed by atoms with Gasteiger partial charge in [0.05, 0.1) is 18.4 Å². The van der Waals surface area contributed by atoms with E-state index in [0.29, 0.717) is 11.5 Å². The van der Waals surface area contributed by atoms with Crippen LogP contribution in [0.1, 0.15) is 30.0 Å². The van der Waals surface area contributed by atoms with Gasteiger partial charge in [-0.3, -0.25) is 0 Å². The SMILES string of the molecule is COc1ccc(C=C(C#N)c2nc(-c3ccc(CC(C)C)cc3)cs2)cc1. The van der Waals surface area contributed by atoms with Crippen LogP contribution in [0.2, 0.25) is 0 Å². The first-order valence-corrected chi connectivity index (χ1v) is 9.78. The van der Waals surface area contributed by atoms with Crippen molar-refractivity contribution >= 4 is 23.0 Å². The zero-order valence-corrected chi connectivity index (χ0v) is 16.6. The van der Waals surface area contributed by atoms with Gasteiger partial charge in [-0.1, -0.05) is 50.2 Å². The molecule has 0 amide bonds. The Morgan fingerprint density at radius 2 is 1.85 bits per heavy atom. The number of aromatic nitrogens is 1. The molecule has 0 saturated carbocycles. The normalized spacial score (nSPS) is 11.4. The molecule has 0 fully saturated rings. The summed E-state index contributed by atoms with van der Waals surface area (Å²) in [5.74, 6) is 1.44. The molecule has 136 valence electrons. The van der Waals surface area contributed by atoms with Gasteiger partial charge < -0.3 is 4.74 Å². The molecule has 3 nitrogen and oxygen atoms in total. The van der Waals surface area contributed by atoms with Crippen molar-refractivity contribution in [3.63, 3.8) is 0 Å². The minimum atomic E-state index is 0.563. The molecule has 0 aliphatic heterocycles. The van der Waals surface area contributed by atoms with E-state index in [1.807, 2.05) is 35.7 Å². The Morgan fingerprint density at radius 3 is 2.44 bits per heavy atom. The summed E-state index contributed by atoms with van der Waals surface area (Å²) < 4.78 is 5.17. The molecule has 0 N–H and O–H groups in total. The van der Waals surface area contributed by atoms with E-state index in [1.165, 1.54) is 16.9 Å². The highest BCUT2D eigenvalue weighted by Gasteiger charge is 2.09. The van der Waals surface area contributed by atoms with Crippen LogP contribution in [0.3, 0.4) is 0 Å². The van der Waals surface area contributed by atoms with E-state index in [9.17, 15) is 5.26 Å². The lowest BCUT2D eigenvalue weighted by Crippen LogP contribution is -1.93. The number of thiazole rings is 1. The predicted octanol–water partition coefficient (Wildman–Crippen LogP) is 6.08. The van der Waals surface area contributed by atoms with E-state index in [2.05, 4.69) is 49.2 Å². The van der Waals surface area contributed by atoms with Crippen LogP contribution in [0.25, 0.3) is 22.9 Å². The molecule has 0 spiro atoms. The molecule has 0 atom stereocenters. The number of benzene rings is 2. The van der Waals surface area contributed by atoms with E-state index in [-0.39, 0.29) is 0 Å². The molecule has 0 radical (unpaired) electrons. The van der Waals surface area contributed by atoms with E-state index in [0.717, 1.165) is 34.0 Å². The summed E-state index contributed by atoms with van der Waals surface area (Å²) in [5.41, 5.74) is 4.82. The minimum Gasteiger partial charge on any atom is -0.497 e. The molecule has 1 heterocycles. The van der Waals surface area contributed by atoms with Gasteiger partial charge in [0.15, 0.2) is 0 Å². The molecule has 0 saturated heterocycles. The van der Waals surface area contributed by atoms with Gasteiger partial charge >= 0.3 is 0 Å². The fourth-order valence-electron chi connectivity index (χ4n) is 2.82. The van der Waals surface area contributed by atoms with E-state index < -0.39 is 0 Å². The van der Waals surface area contributed by atoms with Crippen LogP contribution >= 0.6 is 11.3 Å². The highest BCUT2D eigenvalue weighted by atomic mass is 32.1. The summed E-state index contributed by atoms with van der Waals surface area (Å²) in [5, 5.41) is 12.3. The van der Waals surface area contributed by atoms with E-state index >= 15 is 0 Å². The van der Waals surface area contributed by atoms with Gasteiger partial charge in [-0.25, -0.2) is 4.98 Å². The van der Waals surface area contributed by atoms with Crippen molar-refractivity contribution in [1.29, 1.82) is 5.26 Å². The number of hydrogen-bond donors (Lipinski definition) is 0. The predicted molar refractivity (Wildman–Crippen MR) is 113 cm³/mol. The molecule has 1 aromatic heterocycles. The lowest BCUT2D eigenvalue weighted by atomic mass is 10.0. The molecule has 0 aliphatic rings. The Kier molecular flexibility index (Phi) is 6.05. The fourth-order valence-corrected chi connectivity index (χ4v) is 3.62. The molecule has 0 unspecified atom stereocenters. The zero-order valence-electron chi connectivity index (χ0n) is 15.8. The van der Waals surface area contributed by atoms with Gasteiger partial charge in [-0.15, -0.1) is 11.3 Å². The monoisotopic (exact) mass is 374 g/mol. The summed E-state index contributed by atoms with van der Waals surface area (Å²) in [7, 11) is 1.64. The molecule has 4 heteroatoms. The minimum absolute atomic E-state index is 0.563. The Morgan fingerprint density at radius 1 is 1.15 bits per heavy atom. The third kappa shape index (κ3) is 4.84. The third-order valence-electron chi connectivity index (χ3n) is 4.18. The lowest BCUT2D eigenvalue weighted by molar-refractivity contribution is 0.415. The topological polar surface area (TPSA) is 45.9 Å². The number of allylic oxidation sites excluding steroid dienone is 1. The van der Waals surface area contributed by atoms with Gasteiger partial charge in [-0.2, -0.15) is 5.26 Å². The van der Waals surface area contributed by atoms with Crippen LogP contribution in [-0.2, 0) is 6.42 Å². The van der Waals surface area contributed by atoms with Crippen molar-refractivity contribution in [2.24, 2.45) is 5.92 Å². The van der Waals surface area contributed by atoms with Crippen molar-refractivity contribution in [2.75, 3.05) is 7.11 Å². The van der Waals surface area contributed by atoms with Gasteiger partial charge in [0.1, 0.15) is 16.8 Å². The maximum Gasteiger partial charge on any atom is 0.134 e. The third-order valence-corrected chi connectivity index (χ3v) is 5.05. The van der Waals surface area contributed by atoms with Crippen LogP contribution in [0, 0.1) is 17.2 Å². The van der Waals surface area contributed by atoms with Crippen molar-refractivity contribution in [3.05, 3.63) is 70.0 Å². The second-order valence-electron chi connectivity index (χ2n) is 6.78. The Balaban J connectivity index is 1.82. The summed E-state index contributed by atoms with van der Waals surface area (Å²) in [6.45, 7) is 4.44. The number of rotatable bonds is 6. The van der Waals surface area contributed by atoms with Gasteiger partial charge in [0, 0.05) is 10.9 Å². The highest BCUT2D eigenvalue weighted by molar-refractivity contribution is 7.11. The average molecular weight is 375 g/mol. The Bertz CT molecular complexity index is 961. The maximum atomic E-state index is 9.57. The molecular formula is C23H22N2OS. The van der Waals surface area contributed by atoms with Crippen molar-refractivity contribution in [1.82, 2.24) is 4.98 Å². The molecule has 3 rings (SSSR count). The van der Waals surface area contributed by atoms with Crippen LogP contribution in [0.4, 0.5) is 0 Å². The fraction of sp³-hybridized carbons (Fsp3) is 0.217. The second-order valence-corrected chi connectivity index (χ2v) is 7.63. The number of hydrogen-bond acceptors (Lipinski definition) is 4. The standard InChI is InChI=1S/C23H22N2OS/c1-16(2)12-17-4-8-19(9-5-17)22-15-27-23(25-22)20(14-24)13-18-6-10-21(26-3)11-7-18/h4-11,13,15-16H,12H2,1-3H3. The quantitative estimate of drug-likeness (QED) is 0.491. The largest absolute Gasteiger partial charge is 0.497 e. The van der Waals surface area contributed by atoms with Crippen molar-refractivity contribution < 1.29 is 4.74 Å². The molecular weight excluding hydrogens is 352 g/mol. The summed E-state index contributed by atoms with van der Waals surface area (Å²) in [6.07, 6.45) is 2.93. The number of nitriles is 1. The smallest absolute Gasteiger partial charge is 0.134 e. The van der Waals surface area contributed by atoms with E-state index in [4.69, 9.17) is 4.74 Å². The zero-order chi connectivity index (χ0) is 19.2. The van der Waals surface area contributed by atoms with Crippen molar-refractivity contribution in [2.45, 2.75) is 20.3 Å². The molecule has 0 aliphatic carbocycles.